The van der Waals surface area contributed by atoms with Crippen molar-refractivity contribution in [3.05, 3.63) is 75.2 Å². The highest BCUT2D eigenvalue weighted by Crippen LogP contribution is 2.37. The number of hydrogen-bond acceptors (Lipinski definition) is 6. The summed E-state index contributed by atoms with van der Waals surface area (Å²) in [5.74, 6) is -2.88. The van der Waals surface area contributed by atoms with Gasteiger partial charge in [0.1, 0.15) is 5.52 Å². The van der Waals surface area contributed by atoms with E-state index in [9.17, 15) is 27.5 Å². The highest BCUT2D eigenvalue weighted by molar-refractivity contribution is 7.89. The number of aromatic carboxylic acids is 1. The topological polar surface area (TPSA) is 134 Å². The Morgan fingerprint density at radius 2 is 2.03 bits per heavy atom. The number of H-pyrrole nitrogens is 1. The predicted octanol–water partition coefficient (Wildman–Crippen LogP) is 3.71. The van der Waals surface area contributed by atoms with E-state index in [0.29, 0.717) is 22.0 Å². The number of hydrogen-bond donors (Lipinski definition) is 3. The lowest BCUT2D eigenvalue weighted by molar-refractivity contribution is 0.0696. The lowest BCUT2D eigenvalue weighted by Crippen LogP contribution is -2.17. The van der Waals surface area contributed by atoms with Gasteiger partial charge in [-0.25, -0.2) is 22.6 Å². The van der Waals surface area contributed by atoms with Crippen molar-refractivity contribution in [3.8, 4) is 11.1 Å². The summed E-state index contributed by atoms with van der Waals surface area (Å²) in [6.07, 6.45) is 5.33. The number of aromatic amines is 1. The minimum atomic E-state index is -3.59. The molecule has 0 bridgehead atoms. The maximum absolute atomic E-state index is 14.5. The van der Waals surface area contributed by atoms with Crippen LogP contribution in [0, 0.1) is 5.82 Å². The number of benzene rings is 1. The van der Waals surface area contributed by atoms with Crippen molar-refractivity contribution in [1.29, 1.82) is 0 Å². The first-order valence-corrected chi connectivity index (χ1v) is 12.2. The molecule has 0 aliphatic heterocycles. The number of aromatic nitrogens is 3. The van der Waals surface area contributed by atoms with E-state index in [2.05, 4.69) is 15.3 Å². The molecule has 12 heteroatoms. The Labute approximate surface area is 197 Å². The Kier molecular flexibility index (Phi) is 5.92. The van der Waals surface area contributed by atoms with Crippen LogP contribution in [0.4, 0.5) is 15.9 Å². The van der Waals surface area contributed by atoms with E-state index >= 15 is 0 Å². The van der Waals surface area contributed by atoms with Crippen molar-refractivity contribution in [2.45, 2.75) is 5.75 Å². The van der Waals surface area contributed by atoms with Gasteiger partial charge in [-0.3, -0.25) is 4.79 Å². The van der Waals surface area contributed by atoms with Gasteiger partial charge >= 0.3 is 5.97 Å². The Balaban J connectivity index is 2.05. The number of pyridine rings is 2. The number of carboxylic acid groups (broad SMARTS) is 1. The van der Waals surface area contributed by atoms with E-state index in [1.165, 1.54) is 29.1 Å². The molecule has 0 fully saturated rings. The van der Waals surface area contributed by atoms with E-state index in [-0.39, 0.29) is 33.2 Å². The first-order chi connectivity index (χ1) is 15.9. The van der Waals surface area contributed by atoms with E-state index in [1.54, 1.807) is 19.3 Å². The quantitative estimate of drug-likeness (QED) is 0.364. The van der Waals surface area contributed by atoms with Crippen LogP contribution in [0.2, 0.25) is 5.02 Å². The molecule has 0 unspecified atom stereocenters. The predicted molar refractivity (Wildman–Crippen MR) is 127 cm³/mol. The van der Waals surface area contributed by atoms with Crippen LogP contribution in [0.15, 0.2) is 47.7 Å². The first-order valence-electron chi connectivity index (χ1n) is 9.77. The smallest absolute Gasteiger partial charge is 0.336 e. The molecule has 4 rings (SSSR count). The maximum Gasteiger partial charge on any atom is 0.336 e. The third-order valence-corrected chi connectivity index (χ3v) is 6.18. The van der Waals surface area contributed by atoms with Crippen molar-refractivity contribution in [1.82, 2.24) is 14.5 Å². The zero-order chi connectivity index (χ0) is 24.8. The number of carbonyl (C=O) groups is 1. The van der Waals surface area contributed by atoms with Crippen LogP contribution in [-0.4, -0.2) is 40.3 Å². The number of anilines is 2. The summed E-state index contributed by atoms with van der Waals surface area (Å²) in [6, 6.07) is 5.34. The van der Waals surface area contributed by atoms with E-state index in [4.69, 9.17) is 11.6 Å². The normalized spacial score (nSPS) is 11.6. The number of rotatable bonds is 6. The summed E-state index contributed by atoms with van der Waals surface area (Å²) in [7, 11) is -2.05. The molecule has 1 aromatic carbocycles. The molecule has 0 spiro atoms. The minimum Gasteiger partial charge on any atom is -0.478 e. The van der Waals surface area contributed by atoms with Gasteiger partial charge in [0.05, 0.1) is 16.3 Å². The van der Waals surface area contributed by atoms with Crippen LogP contribution in [0.25, 0.3) is 22.0 Å². The van der Waals surface area contributed by atoms with Crippen LogP contribution in [0.5, 0.6) is 0 Å². The van der Waals surface area contributed by atoms with Gasteiger partial charge in [0, 0.05) is 54.1 Å². The molecule has 9 nitrogen and oxygen atoms in total. The van der Waals surface area contributed by atoms with Crippen molar-refractivity contribution in [2.75, 3.05) is 11.6 Å². The zero-order valence-corrected chi connectivity index (χ0v) is 19.5. The average Bonchev–Trinajstić information content (AvgIpc) is 3.22. The number of halogens is 2. The second kappa shape index (κ2) is 8.58. The fourth-order valence-electron chi connectivity index (χ4n) is 3.69. The van der Waals surface area contributed by atoms with Gasteiger partial charge in [0.25, 0.3) is 5.56 Å². The van der Waals surface area contributed by atoms with Gasteiger partial charge in [0.15, 0.2) is 21.5 Å². The Bertz CT molecular complexity index is 1630. The molecule has 0 atom stereocenters. The lowest BCUT2D eigenvalue weighted by atomic mass is 9.96. The van der Waals surface area contributed by atoms with Crippen LogP contribution < -0.4 is 10.9 Å². The summed E-state index contributed by atoms with van der Waals surface area (Å²) in [5.41, 5.74) is 0.751. The summed E-state index contributed by atoms with van der Waals surface area (Å²) in [4.78, 5) is 31.3. The third-order valence-electron chi connectivity index (χ3n) is 5.14. The monoisotopic (exact) mass is 504 g/mol. The molecular weight excluding hydrogens is 487 g/mol. The highest BCUT2D eigenvalue weighted by Gasteiger charge is 2.22. The number of sulfone groups is 1. The molecule has 3 heterocycles. The van der Waals surface area contributed by atoms with Crippen molar-refractivity contribution in [3.63, 3.8) is 0 Å². The second-order valence-electron chi connectivity index (χ2n) is 7.76. The van der Waals surface area contributed by atoms with Crippen LogP contribution in [0.3, 0.4) is 0 Å². The molecule has 4 aromatic rings. The standard InChI is InChI=1S/C22H18ClFN4O5S/c1-28-9-16(13-3-4-25-19(13)21(28)29)15-5-11(10-34(2,32)33)14(22(30)31)7-18(15)27-20-17(24)6-12(23)8-26-20/h3-9,25H,10H2,1-2H3,(H,26,27)(H,30,31). The van der Waals surface area contributed by atoms with E-state index in [1.807, 2.05) is 0 Å². The third kappa shape index (κ3) is 4.52. The Morgan fingerprint density at radius 1 is 1.29 bits per heavy atom. The number of nitrogens with one attached hydrogen (secondary N) is 2. The number of fused-ring (bicyclic) bond motifs is 1. The van der Waals surface area contributed by atoms with Crippen LogP contribution in [0.1, 0.15) is 15.9 Å². The fourth-order valence-corrected chi connectivity index (χ4v) is 4.64. The van der Waals surface area contributed by atoms with E-state index < -0.39 is 27.4 Å². The first kappa shape index (κ1) is 23.5. The average molecular weight is 505 g/mol. The maximum atomic E-state index is 14.5. The van der Waals surface area contributed by atoms with Crippen LogP contribution >= 0.6 is 11.6 Å². The summed E-state index contributed by atoms with van der Waals surface area (Å²) >= 11 is 5.78. The number of nitrogens with zero attached hydrogens (tertiary/aromatic N) is 2. The van der Waals surface area contributed by atoms with Gasteiger partial charge in [-0.2, -0.15) is 0 Å². The molecule has 34 heavy (non-hydrogen) atoms. The zero-order valence-electron chi connectivity index (χ0n) is 17.9. The van der Waals surface area contributed by atoms with Crippen molar-refractivity contribution < 1.29 is 22.7 Å². The van der Waals surface area contributed by atoms with Gasteiger partial charge in [-0.1, -0.05) is 11.6 Å². The SMILES string of the molecule is Cn1cc(-c2cc(CS(C)(=O)=O)c(C(=O)O)cc2Nc2ncc(Cl)cc2F)c2cc[nH]c2c1=O. The van der Waals surface area contributed by atoms with Crippen LogP contribution in [-0.2, 0) is 22.6 Å². The van der Waals surface area contributed by atoms with E-state index in [0.717, 1.165) is 12.3 Å². The minimum absolute atomic E-state index is 0.0395. The summed E-state index contributed by atoms with van der Waals surface area (Å²) in [6.45, 7) is 0. The molecule has 0 saturated carbocycles. The molecule has 0 aliphatic carbocycles. The molecule has 3 aromatic heterocycles. The molecule has 0 amide bonds. The molecule has 176 valence electrons. The lowest BCUT2D eigenvalue weighted by Gasteiger charge is -2.17. The molecule has 0 saturated heterocycles. The summed E-state index contributed by atoms with van der Waals surface area (Å²) < 4.78 is 39.9. The summed E-state index contributed by atoms with van der Waals surface area (Å²) in [5, 5.41) is 13.1. The van der Waals surface area contributed by atoms with Crippen molar-refractivity contribution in [2.24, 2.45) is 7.05 Å². The molecule has 3 N–H and O–H groups in total. The fraction of sp³-hybridized carbons (Fsp3) is 0.136. The van der Waals surface area contributed by atoms with Gasteiger partial charge in [-0.05, 0) is 29.8 Å². The number of carboxylic acids is 1. The van der Waals surface area contributed by atoms with Gasteiger partial charge in [0.2, 0.25) is 0 Å². The Hall–Kier alpha value is -3.70. The Morgan fingerprint density at radius 3 is 2.68 bits per heavy atom. The van der Waals surface area contributed by atoms with Crippen molar-refractivity contribution >= 4 is 49.8 Å². The van der Waals surface area contributed by atoms with Gasteiger partial charge in [-0.15, -0.1) is 0 Å². The largest absolute Gasteiger partial charge is 0.478 e. The van der Waals surface area contributed by atoms with Gasteiger partial charge < -0.3 is 20.0 Å². The highest BCUT2D eigenvalue weighted by atomic mass is 35.5. The molecular formula is C22H18ClFN4O5S. The number of aryl methyl sites for hydroxylation is 1. The molecule has 0 radical (unpaired) electrons. The molecule has 0 aliphatic rings. The second-order valence-corrected chi connectivity index (χ2v) is 10.3.